The number of hydrogen-bond acceptors (Lipinski definition) is 6. The number of fused-ring (bicyclic) bond motifs is 3. The van der Waals surface area contributed by atoms with Gasteiger partial charge < -0.3 is 15.4 Å². The van der Waals surface area contributed by atoms with Crippen LogP contribution in [0.4, 0.5) is 15.8 Å². The molecule has 9 nitrogen and oxygen atoms in total. The molecular weight excluding hydrogens is 622 g/mol. The van der Waals surface area contributed by atoms with E-state index in [2.05, 4.69) is 21.4 Å². The molecular formula is C33H33Cl2FN4O5. The Hall–Kier alpha value is -3.54. The Morgan fingerprint density at radius 2 is 1.78 bits per heavy atom. The summed E-state index contributed by atoms with van der Waals surface area (Å²) in [5.74, 6) is -2.83. The normalized spacial score (nSPS) is 23.2. The molecule has 3 aromatic rings. The zero-order valence-corrected chi connectivity index (χ0v) is 26.1. The number of rotatable bonds is 8. The van der Waals surface area contributed by atoms with Crippen LogP contribution in [0, 0.1) is 5.82 Å². The summed E-state index contributed by atoms with van der Waals surface area (Å²) in [4.78, 5) is 46.2. The van der Waals surface area contributed by atoms with E-state index in [4.69, 9.17) is 32.8 Å². The van der Waals surface area contributed by atoms with Gasteiger partial charge in [0, 0.05) is 40.5 Å². The summed E-state index contributed by atoms with van der Waals surface area (Å²) in [6.45, 7) is 0.516. The molecule has 0 aromatic heterocycles. The van der Waals surface area contributed by atoms with Gasteiger partial charge in [-0.1, -0.05) is 60.7 Å². The van der Waals surface area contributed by atoms with Crippen molar-refractivity contribution in [3.8, 4) is 0 Å². The predicted molar refractivity (Wildman–Crippen MR) is 169 cm³/mol. The first-order chi connectivity index (χ1) is 21.7. The van der Waals surface area contributed by atoms with E-state index in [-0.39, 0.29) is 23.1 Å². The molecule has 1 saturated carbocycles. The second-order valence-electron chi connectivity index (χ2n) is 11.7. The number of carbonyl (C=O) groups excluding carboxylic acids is 3. The van der Waals surface area contributed by atoms with Crippen LogP contribution in [0.1, 0.15) is 59.5 Å². The molecule has 12 heteroatoms. The van der Waals surface area contributed by atoms with E-state index in [9.17, 15) is 14.4 Å². The van der Waals surface area contributed by atoms with Crippen molar-refractivity contribution >= 4 is 52.3 Å². The second kappa shape index (κ2) is 12.7. The molecule has 3 aromatic carbocycles. The fraction of sp³-hybridized carbons (Fsp3) is 0.364. The van der Waals surface area contributed by atoms with E-state index >= 15 is 4.39 Å². The van der Waals surface area contributed by atoms with Crippen molar-refractivity contribution < 1.29 is 28.3 Å². The van der Waals surface area contributed by atoms with E-state index in [1.165, 1.54) is 13.2 Å². The first kappa shape index (κ1) is 31.4. The van der Waals surface area contributed by atoms with E-state index in [0.29, 0.717) is 47.0 Å². The monoisotopic (exact) mass is 654 g/mol. The number of ether oxygens (including phenoxy) is 1. The number of amides is 3. The third kappa shape index (κ3) is 5.38. The highest BCUT2D eigenvalue weighted by atomic mass is 35.5. The topological polar surface area (TPSA) is 118 Å². The number of anilines is 2. The van der Waals surface area contributed by atoms with Gasteiger partial charge in [0.2, 0.25) is 11.8 Å². The van der Waals surface area contributed by atoms with E-state index in [1.807, 2.05) is 6.07 Å². The molecule has 2 heterocycles. The van der Waals surface area contributed by atoms with Gasteiger partial charge in [0.15, 0.2) is 0 Å². The Kier molecular flexibility index (Phi) is 8.87. The van der Waals surface area contributed by atoms with Crippen LogP contribution in [-0.2, 0) is 24.6 Å². The molecule has 1 saturated heterocycles. The van der Waals surface area contributed by atoms with Gasteiger partial charge >= 0.3 is 0 Å². The maximum absolute atomic E-state index is 16.0. The van der Waals surface area contributed by atoms with Crippen molar-refractivity contribution in [2.24, 2.45) is 0 Å². The molecule has 3 atom stereocenters. The zero-order valence-electron chi connectivity index (χ0n) is 24.6. The predicted octanol–water partition coefficient (Wildman–Crippen LogP) is 5.73. The molecule has 45 heavy (non-hydrogen) atoms. The first-order valence-electron chi connectivity index (χ1n) is 14.9. The smallest absolute Gasteiger partial charge is 0.274 e. The number of nitrogens with one attached hydrogen (secondary N) is 4. The zero-order chi connectivity index (χ0) is 31.8. The highest BCUT2D eigenvalue weighted by Gasteiger charge is 2.72. The largest absolute Gasteiger partial charge is 0.382 e. The average molecular weight is 656 g/mol. The quantitative estimate of drug-likeness (QED) is 0.182. The number of hydrogen-bond donors (Lipinski definition) is 4. The van der Waals surface area contributed by atoms with Crippen molar-refractivity contribution in [3.05, 3.63) is 93.2 Å². The maximum Gasteiger partial charge on any atom is 0.274 e. The van der Waals surface area contributed by atoms with Gasteiger partial charge in [-0.15, -0.1) is 0 Å². The summed E-state index contributed by atoms with van der Waals surface area (Å²) in [5, 5.41) is 9.90. The number of hydroxylamine groups is 1. The van der Waals surface area contributed by atoms with Gasteiger partial charge in [0.1, 0.15) is 11.2 Å². The lowest BCUT2D eigenvalue weighted by Crippen LogP contribution is -2.60. The minimum atomic E-state index is -1.33. The SMILES string of the molecule is COCCONC(=O)c1ccc(NC(=O)[C@@H]2NC3(CCCCC3)[C@@]3(C(=O)Nc4cc(Cl)ccc43)[C@H]2c2cccc(Cl)c2F)cc1. The van der Waals surface area contributed by atoms with Gasteiger partial charge in [-0.3, -0.25) is 24.5 Å². The highest BCUT2D eigenvalue weighted by molar-refractivity contribution is 6.31. The average Bonchev–Trinajstić information content (AvgIpc) is 3.48. The Bertz CT molecular complexity index is 1630. The summed E-state index contributed by atoms with van der Waals surface area (Å²) in [6.07, 6.45) is 3.88. The molecule has 0 unspecified atom stereocenters. The lowest BCUT2D eigenvalue weighted by atomic mass is 9.55. The summed E-state index contributed by atoms with van der Waals surface area (Å²) in [5.41, 5.74) is 2.31. The van der Waals surface area contributed by atoms with Crippen molar-refractivity contribution in [3.63, 3.8) is 0 Å². The van der Waals surface area contributed by atoms with Crippen LogP contribution < -0.4 is 21.4 Å². The Balaban J connectivity index is 1.39. The third-order valence-corrected chi connectivity index (χ3v) is 9.80. The molecule has 3 aliphatic rings. The van der Waals surface area contributed by atoms with E-state index in [0.717, 1.165) is 19.3 Å². The lowest BCUT2D eigenvalue weighted by Gasteiger charge is -2.47. The molecule has 0 bridgehead atoms. The van der Waals surface area contributed by atoms with Gasteiger partial charge in [-0.2, -0.15) is 0 Å². The van der Waals surface area contributed by atoms with Crippen molar-refractivity contribution in [1.82, 2.24) is 10.8 Å². The first-order valence-corrected chi connectivity index (χ1v) is 15.6. The molecule has 6 rings (SSSR count). The number of halogens is 3. The standard InChI is InChI=1S/C33H33Cl2FN4O5/c1-44-16-17-45-40-29(41)19-8-11-21(12-9-19)37-30(42)28-26(22-6-5-7-24(35)27(22)36)33(32(39-28)14-3-2-4-15-32)23-13-10-20(34)18-25(23)38-31(33)43/h5-13,18,26,28,39H,2-4,14-17H2,1H3,(H,37,42)(H,38,43)(H,40,41)/t26-,28+,33+/m0/s1. The van der Waals surface area contributed by atoms with Gasteiger partial charge in [0.05, 0.1) is 24.3 Å². The fourth-order valence-corrected chi connectivity index (χ4v) is 7.80. The van der Waals surface area contributed by atoms with Crippen molar-refractivity contribution in [2.75, 3.05) is 31.0 Å². The molecule has 2 aliphatic heterocycles. The molecule has 0 radical (unpaired) electrons. The molecule has 2 fully saturated rings. The van der Waals surface area contributed by atoms with E-state index in [1.54, 1.807) is 48.5 Å². The summed E-state index contributed by atoms with van der Waals surface area (Å²) in [7, 11) is 1.53. The van der Waals surface area contributed by atoms with Gasteiger partial charge in [0.25, 0.3) is 5.91 Å². The fourth-order valence-electron chi connectivity index (χ4n) is 7.44. The third-order valence-electron chi connectivity index (χ3n) is 9.27. The molecule has 2 spiro atoms. The molecule has 3 amide bonds. The minimum absolute atomic E-state index is 0.0961. The second-order valence-corrected chi connectivity index (χ2v) is 12.5. The van der Waals surface area contributed by atoms with Crippen molar-refractivity contribution in [2.45, 2.75) is 55.0 Å². The van der Waals surface area contributed by atoms with Crippen LogP contribution in [-0.4, -0.2) is 49.6 Å². The number of benzene rings is 3. The van der Waals surface area contributed by atoms with Crippen LogP contribution in [0.3, 0.4) is 0 Å². The van der Waals surface area contributed by atoms with E-state index < -0.39 is 40.5 Å². The summed E-state index contributed by atoms with van der Waals surface area (Å²) >= 11 is 12.6. The number of methoxy groups -OCH3 is 1. The number of carbonyl (C=O) groups is 3. The summed E-state index contributed by atoms with van der Waals surface area (Å²) in [6, 6.07) is 15.2. The van der Waals surface area contributed by atoms with Crippen LogP contribution in [0.15, 0.2) is 60.7 Å². The molecule has 236 valence electrons. The lowest BCUT2D eigenvalue weighted by molar-refractivity contribution is -0.124. The van der Waals surface area contributed by atoms with Crippen LogP contribution in [0.25, 0.3) is 0 Å². The molecule has 4 N–H and O–H groups in total. The van der Waals surface area contributed by atoms with Crippen LogP contribution >= 0.6 is 23.2 Å². The van der Waals surface area contributed by atoms with Crippen molar-refractivity contribution in [1.29, 1.82) is 0 Å². The Morgan fingerprint density at radius 3 is 2.51 bits per heavy atom. The van der Waals surface area contributed by atoms with Crippen LogP contribution in [0.2, 0.25) is 10.0 Å². The Labute approximate surface area is 270 Å². The molecule has 1 aliphatic carbocycles. The minimum Gasteiger partial charge on any atom is -0.382 e. The van der Waals surface area contributed by atoms with Gasteiger partial charge in [-0.05, 0) is 66.4 Å². The highest BCUT2D eigenvalue weighted by Crippen LogP contribution is 2.62. The maximum atomic E-state index is 16.0. The Morgan fingerprint density at radius 1 is 1.02 bits per heavy atom. The van der Waals surface area contributed by atoms with Crippen LogP contribution in [0.5, 0.6) is 0 Å². The van der Waals surface area contributed by atoms with Gasteiger partial charge in [-0.25, -0.2) is 9.87 Å². The summed E-state index contributed by atoms with van der Waals surface area (Å²) < 4.78 is 20.9.